The summed E-state index contributed by atoms with van der Waals surface area (Å²) < 4.78 is 6.27. The Bertz CT molecular complexity index is 1010. The third-order valence-electron chi connectivity index (χ3n) is 3.75. The average Bonchev–Trinajstić information content (AvgIpc) is 3.23. The third-order valence-corrected chi connectivity index (χ3v) is 3.75. The molecule has 2 aromatic heterocycles. The molecule has 25 heavy (non-hydrogen) atoms. The number of aromatic amines is 1. The van der Waals surface area contributed by atoms with Gasteiger partial charge in [0.15, 0.2) is 11.4 Å². The molecule has 128 valence electrons. The van der Waals surface area contributed by atoms with Crippen LogP contribution in [0, 0.1) is 5.92 Å². The van der Waals surface area contributed by atoms with Gasteiger partial charge in [0.1, 0.15) is 6.54 Å². The van der Waals surface area contributed by atoms with Crippen LogP contribution in [0.5, 0.6) is 0 Å². The van der Waals surface area contributed by atoms with E-state index in [1.165, 1.54) is 10.9 Å². The summed E-state index contributed by atoms with van der Waals surface area (Å²) in [6, 6.07) is 4.83. The summed E-state index contributed by atoms with van der Waals surface area (Å²) in [7, 11) is 0. The molecule has 10 nitrogen and oxygen atoms in total. The highest BCUT2D eigenvalue weighted by molar-refractivity contribution is 5.93. The lowest BCUT2D eigenvalue weighted by Gasteiger charge is -2.04. The van der Waals surface area contributed by atoms with Crippen LogP contribution in [0.2, 0.25) is 0 Å². The highest BCUT2D eigenvalue weighted by Gasteiger charge is 2.30. The number of aromatic nitrogens is 4. The van der Waals surface area contributed by atoms with Crippen LogP contribution in [0.3, 0.4) is 0 Å². The molecule has 1 saturated carbocycles. The normalized spacial score (nSPS) is 13.8. The predicted molar refractivity (Wildman–Crippen MR) is 86.8 cm³/mol. The van der Waals surface area contributed by atoms with Gasteiger partial charge in [-0.3, -0.25) is 14.6 Å². The van der Waals surface area contributed by atoms with Gasteiger partial charge in [0.05, 0.1) is 11.7 Å². The van der Waals surface area contributed by atoms with Crippen molar-refractivity contribution in [3.05, 3.63) is 34.9 Å². The van der Waals surface area contributed by atoms with Gasteiger partial charge in [0.25, 0.3) is 0 Å². The second kappa shape index (κ2) is 5.89. The van der Waals surface area contributed by atoms with Crippen molar-refractivity contribution in [2.24, 2.45) is 5.92 Å². The predicted octanol–water partition coefficient (Wildman–Crippen LogP) is 0.700. The molecule has 3 aromatic rings. The Kier molecular flexibility index (Phi) is 3.56. The van der Waals surface area contributed by atoms with Crippen LogP contribution in [0.4, 0.5) is 11.5 Å². The van der Waals surface area contributed by atoms with Crippen molar-refractivity contribution in [1.82, 2.24) is 20.0 Å². The quantitative estimate of drug-likeness (QED) is 0.624. The monoisotopic (exact) mass is 342 g/mol. The number of amides is 2. The smallest absolute Gasteiger partial charge is 0.408 e. The first kappa shape index (κ1) is 15.1. The fraction of sp³-hybridized carbons (Fsp3) is 0.267. The lowest BCUT2D eigenvalue weighted by Crippen LogP contribution is -2.19. The van der Waals surface area contributed by atoms with Gasteiger partial charge in [-0.2, -0.15) is 0 Å². The maximum atomic E-state index is 12.1. The van der Waals surface area contributed by atoms with Crippen molar-refractivity contribution in [2.45, 2.75) is 19.4 Å². The van der Waals surface area contributed by atoms with Gasteiger partial charge in [-0.15, -0.1) is 5.10 Å². The number of carbonyl (C=O) groups excluding carboxylic acids is 2. The van der Waals surface area contributed by atoms with Gasteiger partial charge in [-0.1, -0.05) is 5.21 Å². The minimum Gasteiger partial charge on any atom is -0.408 e. The number of hydrogen-bond donors (Lipinski definition) is 3. The number of fused-ring (bicyclic) bond motifs is 1. The van der Waals surface area contributed by atoms with Crippen LogP contribution in [0.25, 0.3) is 11.1 Å². The van der Waals surface area contributed by atoms with Gasteiger partial charge >= 0.3 is 5.76 Å². The van der Waals surface area contributed by atoms with E-state index in [-0.39, 0.29) is 24.3 Å². The summed E-state index contributed by atoms with van der Waals surface area (Å²) in [5.74, 6) is -0.570. The minimum atomic E-state index is -0.554. The molecule has 0 unspecified atom stereocenters. The van der Waals surface area contributed by atoms with Crippen LogP contribution < -0.4 is 16.4 Å². The Morgan fingerprint density at radius 1 is 1.32 bits per heavy atom. The molecule has 10 heteroatoms. The molecule has 0 atom stereocenters. The van der Waals surface area contributed by atoms with E-state index in [0.717, 1.165) is 12.8 Å². The fourth-order valence-electron chi connectivity index (χ4n) is 2.38. The Hall–Kier alpha value is -3.43. The van der Waals surface area contributed by atoms with E-state index >= 15 is 0 Å². The summed E-state index contributed by atoms with van der Waals surface area (Å²) in [5.41, 5.74) is 1.39. The second-order valence-corrected chi connectivity index (χ2v) is 5.84. The maximum Gasteiger partial charge on any atom is 0.417 e. The number of hydrogen-bond acceptors (Lipinski definition) is 6. The Morgan fingerprint density at radius 2 is 2.16 bits per heavy atom. The summed E-state index contributed by atoms with van der Waals surface area (Å²) in [4.78, 5) is 37.4. The molecule has 1 aliphatic carbocycles. The molecular formula is C15H14N6O4. The molecule has 1 aromatic carbocycles. The first-order valence-electron chi connectivity index (χ1n) is 7.70. The van der Waals surface area contributed by atoms with E-state index in [1.54, 1.807) is 18.2 Å². The molecule has 0 radical (unpaired) electrons. The van der Waals surface area contributed by atoms with Gasteiger partial charge < -0.3 is 15.1 Å². The highest BCUT2D eigenvalue weighted by atomic mass is 16.4. The molecule has 2 heterocycles. The molecule has 0 saturated heterocycles. The second-order valence-electron chi connectivity index (χ2n) is 5.84. The van der Waals surface area contributed by atoms with Crippen LogP contribution in [-0.2, 0) is 16.1 Å². The molecule has 3 N–H and O–H groups in total. The number of anilines is 2. The van der Waals surface area contributed by atoms with Crippen molar-refractivity contribution in [3.8, 4) is 0 Å². The van der Waals surface area contributed by atoms with E-state index in [4.69, 9.17) is 4.42 Å². The number of oxazole rings is 1. The molecule has 0 aliphatic heterocycles. The largest absolute Gasteiger partial charge is 0.417 e. The summed E-state index contributed by atoms with van der Waals surface area (Å²) in [5, 5.41) is 13.0. The Labute approximate surface area is 140 Å². The number of benzene rings is 1. The number of carbonyl (C=O) groups is 2. The van der Waals surface area contributed by atoms with E-state index in [0.29, 0.717) is 22.6 Å². The highest BCUT2D eigenvalue weighted by Crippen LogP contribution is 2.29. The maximum absolute atomic E-state index is 12.1. The molecule has 0 spiro atoms. The third kappa shape index (κ3) is 3.42. The zero-order valence-electron chi connectivity index (χ0n) is 13.0. The van der Waals surface area contributed by atoms with Crippen molar-refractivity contribution < 1.29 is 14.0 Å². The summed E-state index contributed by atoms with van der Waals surface area (Å²) in [6.07, 6.45) is 3.29. The number of H-pyrrole nitrogens is 1. The van der Waals surface area contributed by atoms with E-state index in [1.807, 2.05) is 0 Å². The molecule has 1 aliphatic rings. The zero-order chi connectivity index (χ0) is 17.4. The lowest BCUT2D eigenvalue weighted by atomic mass is 10.3. The van der Waals surface area contributed by atoms with Gasteiger partial charge in [0, 0.05) is 17.7 Å². The number of nitrogens with zero attached hydrogens (tertiary/aromatic N) is 3. The van der Waals surface area contributed by atoms with Crippen LogP contribution in [0.15, 0.2) is 33.6 Å². The first-order valence-corrected chi connectivity index (χ1v) is 7.70. The molecule has 4 rings (SSSR count). The lowest BCUT2D eigenvalue weighted by molar-refractivity contribution is -0.117. The van der Waals surface area contributed by atoms with Crippen molar-refractivity contribution >= 4 is 34.4 Å². The van der Waals surface area contributed by atoms with E-state index in [9.17, 15) is 14.4 Å². The number of rotatable bonds is 5. The van der Waals surface area contributed by atoms with Crippen LogP contribution in [-0.4, -0.2) is 31.8 Å². The van der Waals surface area contributed by atoms with Crippen molar-refractivity contribution in [2.75, 3.05) is 10.6 Å². The zero-order valence-corrected chi connectivity index (χ0v) is 13.0. The SMILES string of the molecule is O=C(Cn1cc(NC(=O)C2CC2)nn1)Nc1ccc2[nH]c(=O)oc2c1. The van der Waals surface area contributed by atoms with E-state index in [2.05, 4.69) is 25.9 Å². The van der Waals surface area contributed by atoms with Gasteiger partial charge in [-0.05, 0) is 25.0 Å². The Morgan fingerprint density at radius 3 is 2.96 bits per heavy atom. The van der Waals surface area contributed by atoms with Gasteiger partial charge in [0.2, 0.25) is 11.8 Å². The average molecular weight is 342 g/mol. The molecule has 1 fully saturated rings. The minimum absolute atomic E-state index is 0.0665. The molecule has 0 bridgehead atoms. The standard InChI is InChI=1S/C15H14N6O4/c22-13(16-9-3-4-10-11(5-9)25-15(24)17-10)7-21-6-12(19-20-21)18-14(23)8-1-2-8/h3-6,8H,1-2,7H2,(H,16,22)(H,17,24)(H,18,23). The van der Waals surface area contributed by atoms with Crippen molar-refractivity contribution in [1.29, 1.82) is 0 Å². The van der Waals surface area contributed by atoms with Gasteiger partial charge in [-0.25, -0.2) is 9.48 Å². The molecular weight excluding hydrogens is 328 g/mol. The molecule has 2 amide bonds. The summed E-state index contributed by atoms with van der Waals surface area (Å²) >= 11 is 0. The van der Waals surface area contributed by atoms with E-state index < -0.39 is 5.76 Å². The Balaban J connectivity index is 1.38. The first-order chi connectivity index (χ1) is 12.1. The summed E-state index contributed by atoms with van der Waals surface area (Å²) in [6.45, 7) is -0.0680. The van der Waals surface area contributed by atoms with Crippen molar-refractivity contribution in [3.63, 3.8) is 0 Å². The number of nitrogens with one attached hydrogen (secondary N) is 3. The van der Waals surface area contributed by atoms with Crippen LogP contribution in [0.1, 0.15) is 12.8 Å². The fourth-order valence-corrected chi connectivity index (χ4v) is 2.38. The van der Waals surface area contributed by atoms with Crippen LogP contribution >= 0.6 is 0 Å². The topological polar surface area (TPSA) is 135 Å².